The quantitative estimate of drug-likeness (QED) is 0.835. The number of likely N-dealkylation sites (tertiary alicyclic amines) is 1. The maximum absolute atomic E-state index is 12.5. The average Bonchev–Trinajstić information content (AvgIpc) is 2.62. The van der Waals surface area contributed by atoms with E-state index in [1.54, 1.807) is 0 Å². The molecule has 1 aromatic carbocycles. The molecule has 0 unspecified atom stereocenters. The highest BCUT2D eigenvalue weighted by Gasteiger charge is 2.36. The van der Waals surface area contributed by atoms with Gasteiger partial charge in [-0.05, 0) is 36.7 Å². The lowest BCUT2D eigenvalue weighted by Crippen LogP contribution is -2.53. The van der Waals surface area contributed by atoms with E-state index in [9.17, 15) is 4.79 Å². The number of benzene rings is 1. The van der Waals surface area contributed by atoms with Crippen LogP contribution in [-0.2, 0) is 10.3 Å². The van der Waals surface area contributed by atoms with Crippen molar-refractivity contribution in [3.05, 3.63) is 35.9 Å². The molecule has 1 saturated carbocycles. The van der Waals surface area contributed by atoms with Crippen molar-refractivity contribution in [2.24, 2.45) is 5.41 Å². The lowest BCUT2D eigenvalue weighted by molar-refractivity contribution is -0.134. The molecule has 2 fully saturated rings. The number of hydrogen-bond donors (Lipinski definition) is 1. The normalized spacial score (nSPS) is 21.6. The van der Waals surface area contributed by atoms with Gasteiger partial charge in [0, 0.05) is 31.1 Å². The first-order chi connectivity index (χ1) is 12.4. The van der Waals surface area contributed by atoms with Crippen LogP contribution in [0, 0.1) is 5.41 Å². The number of rotatable bonds is 4. The van der Waals surface area contributed by atoms with E-state index in [2.05, 4.69) is 61.3 Å². The van der Waals surface area contributed by atoms with Crippen LogP contribution in [0.2, 0.25) is 0 Å². The first-order valence-electron chi connectivity index (χ1n) is 10.5. The van der Waals surface area contributed by atoms with E-state index >= 15 is 0 Å². The van der Waals surface area contributed by atoms with Gasteiger partial charge in [0.2, 0.25) is 5.91 Å². The summed E-state index contributed by atoms with van der Waals surface area (Å²) in [4.78, 5) is 14.6. The molecule has 1 aromatic rings. The van der Waals surface area contributed by atoms with Crippen molar-refractivity contribution in [3.63, 3.8) is 0 Å². The van der Waals surface area contributed by atoms with E-state index in [1.807, 2.05) is 0 Å². The summed E-state index contributed by atoms with van der Waals surface area (Å²) in [7, 11) is 0. The molecule has 1 N–H and O–H groups in total. The Morgan fingerprint density at radius 3 is 2.27 bits per heavy atom. The topological polar surface area (TPSA) is 32.3 Å². The van der Waals surface area contributed by atoms with Crippen LogP contribution in [-0.4, -0.2) is 29.9 Å². The number of carbonyl (C=O) groups excluding carboxylic acids is 1. The van der Waals surface area contributed by atoms with Crippen molar-refractivity contribution in [3.8, 4) is 0 Å². The highest BCUT2D eigenvalue weighted by atomic mass is 16.2. The van der Waals surface area contributed by atoms with Crippen LogP contribution in [0.3, 0.4) is 0 Å². The Morgan fingerprint density at radius 1 is 1.08 bits per heavy atom. The average molecular weight is 357 g/mol. The molecular weight excluding hydrogens is 320 g/mol. The molecule has 3 heteroatoms. The van der Waals surface area contributed by atoms with Gasteiger partial charge in [-0.2, -0.15) is 0 Å². The maximum Gasteiger partial charge on any atom is 0.223 e. The largest absolute Gasteiger partial charge is 0.343 e. The predicted molar refractivity (Wildman–Crippen MR) is 108 cm³/mol. The standard InChI is InChI=1S/C23H36N2O/c1-22(2,3)18-21(26)25-16-12-20(13-17-25)24-23(14-8-5-9-15-23)19-10-6-4-7-11-19/h4,6-7,10-11,20,24H,5,8-9,12-18H2,1-3H3. The van der Waals surface area contributed by atoms with Gasteiger partial charge >= 0.3 is 0 Å². The van der Waals surface area contributed by atoms with Crippen molar-refractivity contribution >= 4 is 5.91 Å². The molecule has 1 amide bonds. The zero-order valence-electron chi connectivity index (χ0n) is 16.9. The van der Waals surface area contributed by atoms with E-state index in [0.29, 0.717) is 18.4 Å². The van der Waals surface area contributed by atoms with Crippen molar-refractivity contribution in [1.82, 2.24) is 10.2 Å². The Balaban J connectivity index is 1.61. The minimum absolute atomic E-state index is 0.0750. The number of nitrogens with one attached hydrogen (secondary N) is 1. The van der Waals surface area contributed by atoms with Crippen LogP contribution in [0.1, 0.15) is 77.7 Å². The van der Waals surface area contributed by atoms with Crippen molar-refractivity contribution < 1.29 is 4.79 Å². The molecule has 0 bridgehead atoms. The number of nitrogens with zero attached hydrogens (tertiary/aromatic N) is 1. The Kier molecular flexibility index (Phi) is 6.06. The Bertz CT molecular complexity index is 576. The first kappa shape index (κ1) is 19.4. The summed E-state index contributed by atoms with van der Waals surface area (Å²) in [5.41, 5.74) is 1.67. The van der Waals surface area contributed by atoms with Crippen LogP contribution >= 0.6 is 0 Å². The van der Waals surface area contributed by atoms with Gasteiger partial charge in [0.25, 0.3) is 0 Å². The molecule has 0 radical (unpaired) electrons. The second kappa shape index (κ2) is 8.12. The molecule has 0 spiro atoms. The lowest BCUT2D eigenvalue weighted by Gasteiger charge is -2.44. The number of hydrogen-bond acceptors (Lipinski definition) is 2. The Labute approximate surface area is 159 Å². The highest BCUT2D eigenvalue weighted by Crippen LogP contribution is 2.38. The molecule has 26 heavy (non-hydrogen) atoms. The summed E-state index contributed by atoms with van der Waals surface area (Å²) in [6.45, 7) is 8.23. The van der Waals surface area contributed by atoms with Gasteiger partial charge in [0.05, 0.1) is 0 Å². The third kappa shape index (κ3) is 4.88. The molecule has 2 aliphatic rings. The van der Waals surface area contributed by atoms with Crippen LogP contribution in [0.25, 0.3) is 0 Å². The third-order valence-electron chi connectivity index (χ3n) is 6.04. The minimum Gasteiger partial charge on any atom is -0.343 e. The second-order valence-electron chi connectivity index (χ2n) is 9.55. The monoisotopic (exact) mass is 356 g/mol. The predicted octanol–water partition coefficient (Wildman–Crippen LogP) is 4.86. The molecule has 1 aliphatic carbocycles. The lowest BCUT2D eigenvalue weighted by atomic mass is 9.75. The van der Waals surface area contributed by atoms with Crippen molar-refractivity contribution in [2.45, 2.75) is 83.7 Å². The summed E-state index contributed by atoms with van der Waals surface area (Å²) in [5.74, 6) is 0.325. The van der Waals surface area contributed by atoms with E-state index < -0.39 is 0 Å². The van der Waals surface area contributed by atoms with Gasteiger partial charge in [-0.1, -0.05) is 70.4 Å². The van der Waals surface area contributed by atoms with Gasteiger partial charge in [-0.3, -0.25) is 4.79 Å². The van der Waals surface area contributed by atoms with Gasteiger partial charge in [-0.25, -0.2) is 0 Å². The highest BCUT2D eigenvalue weighted by molar-refractivity contribution is 5.76. The van der Waals surface area contributed by atoms with E-state index in [1.165, 1.54) is 37.7 Å². The molecule has 1 saturated heterocycles. The molecular formula is C23H36N2O. The number of piperidine rings is 1. The number of carbonyl (C=O) groups is 1. The molecule has 0 aromatic heterocycles. The van der Waals surface area contributed by atoms with Crippen LogP contribution in [0.4, 0.5) is 0 Å². The van der Waals surface area contributed by atoms with E-state index in [-0.39, 0.29) is 11.0 Å². The molecule has 1 heterocycles. The van der Waals surface area contributed by atoms with Crippen LogP contribution in [0.5, 0.6) is 0 Å². The fourth-order valence-corrected chi connectivity index (χ4v) is 4.66. The SMILES string of the molecule is CC(C)(C)CC(=O)N1CCC(NC2(c3ccccc3)CCCCC2)CC1. The zero-order valence-corrected chi connectivity index (χ0v) is 16.9. The van der Waals surface area contributed by atoms with E-state index in [0.717, 1.165) is 25.9 Å². The summed E-state index contributed by atoms with van der Waals surface area (Å²) in [6, 6.07) is 11.6. The van der Waals surface area contributed by atoms with E-state index in [4.69, 9.17) is 0 Å². The minimum atomic E-state index is 0.0750. The second-order valence-corrected chi connectivity index (χ2v) is 9.55. The van der Waals surface area contributed by atoms with Gasteiger partial charge < -0.3 is 10.2 Å². The smallest absolute Gasteiger partial charge is 0.223 e. The molecule has 0 atom stereocenters. The number of amides is 1. The van der Waals surface area contributed by atoms with Crippen LogP contribution in [0.15, 0.2) is 30.3 Å². The summed E-state index contributed by atoms with van der Waals surface area (Å²) in [5, 5.41) is 4.06. The molecule has 1 aliphatic heterocycles. The van der Waals surface area contributed by atoms with Gasteiger partial charge in [0.1, 0.15) is 0 Å². The fourth-order valence-electron chi connectivity index (χ4n) is 4.66. The fraction of sp³-hybridized carbons (Fsp3) is 0.696. The first-order valence-corrected chi connectivity index (χ1v) is 10.5. The molecule has 3 nitrogen and oxygen atoms in total. The van der Waals surface area contributed by atoms with Gasteiger partial charge in [0.15, 0.2) is 0 Å². The Morgan fingerprint density at radius 2 is 1.69 bits per heavy atom. The third-order valence-corrected chi connectivity index (χ3v) is 6.04. The van der Waals surface area contributed by atoms with Crippen LogP contribution < -0.4 is 5.32 Å². The van der Waals surface area contributed by atoms with Gasteiger partial charge in [-0.15, -0.1) is 0 Å². The Hall–Kier alpha value is -1.35. The molecule has 144 valence electrons. The summed E-state index contributed by atoms with van der Waals surface area (Å²) < 4.78 is 0. The summed E-state index contributed by atoms with van der Waals surface area (Å²) >= 11 is 0. The summed E-state index contributed by atoms with van der Waals surface area (Å²) in [6.07, 6.45) is 9.25. The zero-order chi connectivity index (χ0) is 18.6. The maximum atomic E-state index is 12.5. The molecule has 3 rings (SSSR count). The van der Waals surface area contributed by atoms with Crippen molar-refractivity contribution in [2.75, 3.05) is 13.1 Å². The van der Waals surface area contributed by atoms with Crippen molar-refractivity contribution in [1.29, 1.82) is 0 Å².